The van der Waals surface area contributed by atoms with Gasteiger partial charge in [-0.05, 0) is 31.7 Å². The first-order chi connectivity index (χ1) is 11.0. The summed E-state index contributed by atoms with van der Waals surface area (Å²) in [4.78, 5) is 35.0. The fourth-order valence-electron chi connectivity index (χ4n) is 3.02. The lowest BCUT2D eigenvalue weighted by molar-refractivity contribution is -0.394. The third-order valence-corrected chi connectivity index (χ3v) is 4.13. The molecule has 1 aromatic rings. The molecule has 1 fully saturated rings. The molecule has 124 valence electrons. The van der Waals surface area contributed by atoms with Crippen molar-refractivity contribution in [2.45, 2.75) is 45.1 Å². The van der Waals surface area contributed by atoms with Crippen LogP contribution in [-0.2, 0) is 0 Å². The van der Waals surface area contributed by atoms with Crippen molar-refractivity contribution in [3.63, 3.8) is 0 Å². The fourth-order valence-corrected chi connectivity index (χ4v) is 3.02. The smallest absolute Gasteiger partial charge is 0.289 e. The van der Waals surface area contributed by atoms with Gasteiger partial charge in [-0.2, -0.15) is 0 Å². The molecule has 1 aromatic carbocycles. The third kappa shape index (κ3) is 3.64. The number of benzene rings is 1. The number of amides is 1. The van der Waals surface area contributed by atoms with Gasteiger partial charge in [0, 0.05) is 18.7 Å². The highest BCUT2D eigenvalue weighted by molar-refractivity contribution is 5.98. The Labute approximate surface area is 133 Å². The molecule has 0 bridgehead atoms. The van der Waals surface area contributed by atoms with Gasteiger partial charge in [0.2, 0.25) is 0 Å². The molecular formula is C15H19N3O5. The van der Waals surface area contributed by atoms with Gasteiger partial charge in [-0.1, -0.05) is 13.3 Å². The molecule has 1 aliphatic rings. The van der Waals surface area contributed by atoms with Crippen LogP contribution in [0.25, 0.3) is 0 Å². The average Bonchev–Trinajstić information content (AvgIpc) is 2.54. The molecule has 8 nitrogen and oxygen atoms in total. The van der Waals surface area contributed by atoms with E-state index in [1.807, 2.05) is 6.92 Å². The van der Waals surface area contributed by atoms with Gasteiger partial charge in [0.15, 0.2) is 0 Å². The van der Waals surface area contributed by atoms with E-state index in [4.69, 9.17) is 0 Å². The van der Waals surface area contributed by atoms with Crippen LogP contribution in [0.1, 0.15) is 49.4 Å². The molecule has 1 amide bonds. The van der Waals surface area contributed by atoms with Gasteiger partial charge in [-0.15, -0.1) is 0 Å². The third-order valence-electron chi connectivity index (χ3n) is 4.13. The van der Waals surface area contributed by atoms with Crippen LogP contribution in [0.15, 0.2) is 18.2 Å². The molecule has 1 atom stereocenters. The summed E-state index contributed by atoms with van der Waals surface area (Å²) in [5.74, 6) is -0.412. The van der Waals surface area contributed by atoms with Gasteiger partial charge in [0.1, 0.15) is 5.56 Å². The number of piperidine rings is 1. The fraction of sp³-hybridized carbons (Fsp3) is 0.533. The van der Waals surface area contributed by atoms with Crippen LogP contribution in [0.4, 0.5) is 11.4 Å². The Hall–Kier alpha value is -2.51. The number of hydrogen-bond acceptors (Lipinski definition) is 5. The molecule has 0 spiro atoms. The minimum absolute atomic E-state index is 0.0797. The number of hydrogen-bond donors (Lipinski definition) is 0. The molecule has 0 radical (unpaired) electrons. The quantitative estimate of drug-likeness (QED) is 0.611. The summed E-state index contributed by atoms with van der Waals surface area (Å²) in [5.41, 5.74) is -0.981. The number of nitro groups is 2. The zero-order chi connectivity index (χ0) is 17.0. The van der Waals surface area contributed by atoms with Crippen molar-refractivity contribution in [3.8, 4) is 0 Å². The van der Waals surface area contributed by atoms with E-state index in [2.05, 4.69) is 0 Å². The first-order valence-electron chi connectivity index (χ1n) is 7.69. The highest BCUT2D eigenvalue weighted by atomic mass is 16.6. The molecule has 0 aliphatic carbocycles. The Morgan fingerprint density at radius 3 is 2.61 bits per heavy atom. The lowest BCUT2D eigenvalue weighted by Gasteiger charge is -2.35. The van der Waals surface area contributed by atoms with E-state index in [1.54, 1.807) is 4.90 Å². The van der Waals surface area contributed by atoms with Gasteiger partial charge in [0.05, 0.1) is 15.9 Å². The maximum atomic E-state index is 12.7. The van der Waals surface area contributed by atoms with E-state index in [1.165, 1.54) is 6.07 Å². The van der Waals surface area contributed by atoms with E-state index < -0.39 is 27.1 Å². The first kappa shape index (κ1) is 16.9. The number of nitro benzene ring substituents is 2. The van der Waals surface area contributed by atoms with Crippen LogP contribution in [0.5, 0.6) is 0 Å². The number of carbonyl (C=O) groups is 1. The zero-order valence-electron chi connectivity index (χ0n) is 12.9. The summed E-state index contributed by atoms with van der Waals surface area (Å²) in [6, 6.07) is 3.26. The number of non-ortho nitro benzene ring substituents is 1. The largest absolute Gasteiger partial charge is 0.335 e. The minimum atomic E-state index is -0.737. The molecule has 1 aliphatic heterocycles. The van der Waals surface area contributed by atoms with E-state index in [0.717, 1.165) is 44.2 Å². The van der Waals surface area contributed by atoms with Crippen molar-refractivity contribution in [1.29, 1.82) is 0 Å². The summed E-state index contributed by atoms with van der Waals surface area (Å²) in [6.07, 6.45) is 4.58. The summed E-state index contributed by atoms with van der Waals surface area (Å²) in [5, 5.41) is 22.0. The highest BCUT2D eigenvalue weighted by Gasteiger charge is 2.32. The van der Waals surface area contributed by atoms with Crippen molar-refractivity contribution >= 4 is 17.3 Å². The Kier molecular flexibility index (Phi) is 5.25. The van der Waals surface area contributed by atoms with E-state index in [-0.39, 0.29) is 11.6 Å². The van der Waals surface area contributed by atoms with Crippen molar-refractivity contribution in [3.05, 3.63) is 44.0 Å². The Bertz CT molecular complexity index is 630. The van der Waals surface area contributed by atoms with Crippen LogP contribution in [0.3, 0.4) is 0 Å². The molecule has 1 saturated heterocycles. The van der Waals surface area contributed by atoms with Crippen molar-refractivity contribution < 1.29 is 14.6 Å². The number of nitrogens with zero attached hydrogens (tertiary/aromatic N) is 3. The van der Waals surface area contributed by atoms with E-state index in [9.17, 15) is 25.0 Å². The van der Waals surface area contributed by atoms with Crippen molar-refractivity contribution in [2.75, 3.05) is 6.54 Å². The van der Waals surface area contributed by atoms with Gasteiger partial charge in [-0.25, -0.2) is 0 Å². The summed E-state index contributed by atoms with van der Waals surface area (Å²) < 4.78 is 0. The number of likely N-dealkylation sites (tertiary alicyclic amines) is 1. The average molecular weight is 321 g/mol. The molecule has 0 N–H and O–H groups in total. The predicted octanol–water partition coefficient (Wildman–Crippen LogP) is 3.30. The summed E-state index contributed by atoms with van der Waals surface area (Å²) in [6.45, 7) is 2.60. The lowest BCUT2D eigenvalue weighted by Crippen LogP contribution is -2.43. The second-order valence-corrected chi connectivity index (χ2v) is 5.65. The molecular weight excluding hydrogens is 302 g/mol. The van der Waals surface area contributed by atoms with Crippen LogP contribution in [-0.4, -0.2) is 33.2 Å². The Morgan fingerprint density at radius 2 is 2.00 bits per heavy atom. The second kappa shape index (κ2) is 7.17. The molecule has 23 heavy (non-hydrogen) atoms. The summed E-state index contributed by atoms with van der Waals surface area (Å²) >= 11 is 0. The minimum Gasteiger partial charge on any atom is -0.335 e. The number of carbonyl (C=O) groups excluding carboxylic acids is 1. The zero-order valence-corrected chi connectivity index (χ0v) is 12.9. The molecule has 2 rings (SSSR count). The SMILES string of the molecule is CCCC1CCCCN1C(=O)c1ccc([N+](=O)[O-])cc1[N+](=O)[O-]. The maximum Gasteiger partial charge on any atom is 0.289 e. The topological polar surface area (TPSA) is 107 Å². The van der Waals surface area contributed by atoms with Crippen LogP contribution in [0.2, 0.25) is 0 Å². The first-order valence-corrected chi connectivity index (χ1v) is 7.69. The normalized spacial score (nSPS) is 17.8. The van der Waals surface area contributed by atoms with Crippen LogP contribution < -0.4 is 0 Å². The van der Waals surface area contributed by atoms with Gasteiger partial charge >= 0.3 is 0 Å². The molecule has 0 saturated carbocycles. The molecule has 1 heterocycles. The highest BCUT2D eigenvalue weighted by Crippen LogP contribution is 2.29. The van der Waals surface area contributed by atoms with Gasteiger partial charge in [0.25, 0.3) is 17.3 Å². The molecule has 1 unspecified atom stereocenters. The number of rotatable bonds is 5. The summed E-state index contributed by atoms with van der Waals surface area (Å²) in [7, 11) is 0. The van der Waals surface area contributed by atoms with Crippen LogP contribution in [0, 0.1) is 20.2 Å². The molecule has 8 heteroatoms. The van der Waals surface area contributed by atoms with Crippen LogP contribution >= 0.6 is 0 Å². The van der Waals surface area contributed by atoms with Crippen molar-refractivity contribution in [1.82, 2.24) is 4.90 Å². The van der Waals surface area contributed by atoms with E-state index in [0.29, 0.717) is 6.54 Å². The van der Waals surface area contributed by atoms with Crippen molar-refractivity contribution in [2.24, 2.45) is 0 Å². The standard InChI is InChI=1S/C15H19N3O5/c1-2-5-11-6-3-4-9-16(11)15(19)13-8-7-12(17(20)21)10-14(13)18(22)23/h7-8,10-11H,2-6,9H2,1H3. The predicted molar refractivity (Wildman–Crippen MR) is 83.3 cm³/mol. The maximum absolute atomic E-state index is 12.7. The monoisotopic (exact) mass is 321 g/mol. The van der Waals surface area contributed by atoms with E-state index >= 15 is 0 Å². The van der Waals surface area contributed by atoms with Gasteiger partial charge < -0.3 is 4.90 Å². The Morgan fingerprint density at radius 1 is 1.26 bits per heavy atom. The molecule has 0 aromatic heterocycles. The van der Waals surface area contributed by atoms with Gasteiger partial charge in [-0.3, -0.25) is 25.0 Å². The second-order valence-electron chi connectivity index (χ2n) is 5.65. The Balaban J connectivity index is 2.37. The lowest BCUT2D eigenvalue weighted by atomic mass is 9.97.